The minimum absolute atomic E-state index is 0.243. The Balaban J connectivity index is 1.34. The highest BCUT2D eigenvalue weighted by molar-refractivity contribution is 6.06. The van der Waals surface area contributed by atoms with Crippen molar-refractivity contribution in [2.45, 2.75) is 12.5 Å². The van der Waals surface area contributed by atoms with Crippen molar-refractivity contribution in [3.8, 4) is 11.6 Å². The quantitative estimate of drug-likeness (QED) is 0.754. The number of carbonyl (C=O) groups is 1. The van der Waals surface area contributed by atoms with Gasteiger partial charge >= 0.3 is 0 Å². The first kappa shape index (κ1) is 16.7. The lowest BCUT2D eigenvalue weighted by Crippen LogP contribution is -2.28. The molecule has 1 aromatic heterocycles. The number of hydrogen-bond donors (Lipinski definition) is 1. The molecular weight excluding hydrogens is 344 g/mol. The molecule has 2 aromatic carbocycles. The number of ether oxygens (including phenoxy) is 1. The standard InChI is InChI=1S/C20H16N4O3/c25-20(18-12-17(24-27-18)14-4-2-1-3-5-14)23-15-6-8-16(9-7-15)26-19-13-21-10-11-22-19/h1-11,13,18H,12H2,(H,23,25)/t18-/m1/s1. The maximum Gasteiger partial charge on any atom is 0.268 e. The Labute approximate surface area is 155 Å². The van der Waals surface area contributed by atoms with Gasteiger partial charge in [-0.1, -0.05) is 35.5 Å². The summed E-state index contributed by atoms with van der Waals surface area (Å²) in [4.78, 5) is 25.7. The molecular formula is C20H16N4O3. The van der Waals surface area contributed by atoms with Crippen molar-refractivity contribution in [2.24, 2.45) is 5.16 Å². The first-order valence-electron chi connectivity index (χ1n) is 8.41. The molecule has 1 aliphatic heterocycles. The van der Waals surface area contributed by atoms with Gasteiger partial charge in [-0.2, -0.15) is 0 Å². The molecule has 7 nitrogen and oxygen atoms in total. The first-order chi connectivity index (χ1) is 13.3. The third kappa shape index (κ3) is 4.09. The summed E-state index contributed by atoms with van der Waals surface area (Å²) in [7, 11) is 0. The van der Waals surface area contributed by atoms with Crippen molar-refractivity contribution in [3.63, 3.8) is 0 Å². The maximum atomic E-state index is 12.4. The van der Waals surface area contributed by atoms with Gasteiger partial charge in [-0.15, -0.1) is 0 Å². The van der Waals surface area contributed by atoms with Crippen LogP contribution < -0.4 is 10.1 Å². The number of carbonyl (C=O) groups excluding carboxylic acids is 1. The number of benzene rings is 2. The van der Waals surface area contributed by atoms with Crippen LogP contribution in [0.2, 0.25) is 0 Å². The van der Waals surface area contributed by atoms with Crippen LogP contribution in [0.5, 0.6) is 11.6 Å². The van der Waals surface area contributed by atoms with Crippen LogP contribution in [0.1, 0.15) is 12.0 Å². The van der Waals surface area contributed by atoms with E-state index in [4.69, 9.17) is 9.57 Å². The van der Waals surface area contributed by atoms with Crippen molar-refractivity contribution < 1.29 is 14.4 Å². The summed E-state index contributed by atoms with van der Waals surface area (Å²) in [6.07, 6.45) is 4.44. The molecule has 134 valence electrons. The Morgan fingerprint density at radius 3 is 2.63 bits per heavy atom. The molecule has 2 heterocycles. The van der Waals surface area contributed by atoms with Crippen LogP contribution in [0, 0.1) is 0 Å². The Hall–Kier alpha value is -3.74. The van der Waals surface area contributed by atoms with Gasteiger partial charge < -0.3 is 14.9 Å². The molecule has 1 atom stereocenters. The van der Waals surface area contributed by atoms with E-state index in [-0.39, 0.29) is 5.91 Å². The Morgan fingerprint density at radius 1 is 1.07 bits per heavy atom. The molecule has 0 unspecified atom stereocenters. The number of amides is 1. The van der Waals surface area contributed by atoms with Crippen LogP contribution >= 0.6 is 0 Å². The smallest absolute Gasteiger partial charge is 0.268 e. The summed E-state index contributed by atoms with van der Waals surface area (Å²) in [5.74, 6) is 0.756. The fraction of sp³-hybridized carbons (Fsp3) is 0.100. The third-order valence-corrected chi connectivity index (χ3v) is 3.95. The monoisotopic (exact) mass is 360 g/mol. The van der Waals surface area contributed by atoms with Gasteiger partial charge in [0.25, 0.3) is 5.91 Å². The van der Waals surface area contributed by atoms with Gasteiger partial charge in [-0.25, -0.2) is 4.98 Å². The molecule has 4 rings (SSSR count). The molecule has 1 N–H and O–H groups in total. The molecule has 7 heteroatoms. The Kier molecular flexibility index (Phi) is 4.74. The van der Waals surface area contributed by atoms with E-state index in [1.54, 1.807) is 36.7 Å². The van der Waals surface area contributed by atoms with E-state index in [0.29, 0.717) is 23.7 Å². The molecule has 1 aliphatic rings. The van der Waals surface area contributed by atoms with Gasteiger partial charge in [0.1, 0.15) is 5.75 Å². The SMILES string of the molecule is O=C(Nc1ccc(Oc2cnccn2)cc1)[C@H]1CC(c2ccccc2)=NO1. The predicted octanol–water partition coefficient (Wildman–Crippen LogP) is 3.40. The minimum atomic E-state index is -0.643. The Bertz CT molecular complexity index is 944. The van der Waals surface area contributed by atoms with E-state index in [1.807, 2.05) is 30.3 Å². The van der Waals surface area contributed by atoms with Crippen LogP contribution in [0.4, 0.5) is 5.69 Å². The summed E-state index contributed by atoms with van der Waals surface area (Å²) in [6, 6.07) is 16.6. The second-order valence-electron chi connectivity index (χ2n) is 5.86. The third-order valence-electron chi connectivity index (χ3n) is 3.95. The molecule has 0 fully saturated rings. The molecule has 1 amide bonds. The van der Waals surface area contributed by atoms with Crippen LogP contribution in [0.15, 0.2) is 78.3 Å². The van der Waals surface area contributed by atoms with E-state index in [1.165, 1.54) is 6.20 Å². The van der Waals surface area contributed by atoms with E-state index >= 15 is 0 Å². The fourth-order valence-corrected chi connectivity index (χ4v) is 2.61. The van der Waals surface area contributed by atoms with Crippen molar-refractivity contribution in [1.29, 1.82) is 0 Å². The molecule has 3 aromatic rings. The highest BCUT2D eigenvalue weighted by Crippen LogP contribution is 2.22. The zero-order chi connectivity index (χ0) is 18.5. The van der Waals surface area contributed by atoms with Gasteiger partial charge in [0.2, 0.25) is 12.0 Å². The normalized spacial score (nSPS) is 15.6. The van der Waals surface area contributed by atoms with Crippen LogP contribution in [0.3, 0.4) is 0 Å². The number of nitrogens with one attached hydrogen (secondary N) is 1. The van der Waals surface area contributed by atoms with Crippen LogP contribution in [-0.2, 0) is 9.63 Å². The van der Waals surface area contributed by atoms with Gasteiger partial charge in [-0.05, 0) is 29.8 Å². The van der Waals surface area contributed by atoms with Crippen molar-refractivity contribution >= 4 is 17.3 Å². The van der Waals surface area contributed by atoms with Crippen LogP contribution in [-0.4, -0.2) is 27.7 Å². The minimum Gasteiger partial charge on any atom is -0.438 e. The second-order valence-corrected chi connectivity index (χ2v) is 5.86. The predicted molar refractivity (Wildman–Crippen MR) is 99.6 cm³/mol. The largest absolute Gasteiger partial charge is 0.438 e. The lowest BCUT2D eigenvalue weighted by atomic mass is 10.0. The zero-order valence-electron chi connectivity index (χ0n) is 14.3. The number of oxime groups is 1. The Morgan fingerprint density at radius 2 is 1.89 bits per heavy atom. The van der Waals surface area contributed by atoms with Crippen molar-refractivity contribution in [1.82, 2.24) is 9.97 Å². The first-order valence-corrected chi connectivity index (χ1v) is 8.41. The van der Waals surface area contributed by atoms with E-state index < -0.39 is 6.10 Å². The van der Waals surface area contributed by atoms with Crippen molar-refractivity contribution in [2.75, 3.05) is 5.32 Å². The van der Waals surface area contributed by atoms with Crippen molar-refractivity contribution in [3.05, 3.63) is 78.8 Å². The lowest BCUT2D eigenvalue weighted by molar-refractivity contribution is -0.125. The number of anilines is 1. The molecule has 0 saturated heterocycles. The van der Waals surface area contributed by atoms with Gasteiger partial charge in [0, 0.05) is 24.5 Å². The number of nitrogens with zero attached hydrogens (tertiary/aromatic N) is 3. The van der Waals surface area contributed by atoms with Gasteiger partial charge in [0.05, 0.1) is 11.9 Å². The average molecular weight is 360 g/mol. The molecule has 0 bridgehead atoms. The van der Waals surface area contributed by atoms with E-state index in [9.17, 15) is 4.79 Å². The lowest BCUT2D eigenvalue weighted by Gasteiger charge is -2.10. The maximum absolute atomic E-state index is 12.4. The highest BCUT2D eigenvalue weighted by Gasteiger charge is 2.28. The number of aromatic nitrogens is 2. The second kappa shape index (κ2) is 7.65. The number of rotatable bonds is 5. The summed E-state index contributed by atoms with van der Waals surface area (Å²) in [6.45, 7) is 0. The molecule has 0 saturated carbocycles. The summed E-state index contributed by atoms with van der Waals surface area (Å²) >= 11 is 0. The average Bonchev–Trinajstić information content (AvgIpc) is 3.21. The fourth-order valence-electron chi connectivity index (χ4n) is 2.61. The summed E-state index contributed by atoms with van der Waals surface area (Å²) < 4.78 is 5.57. The molecule has 0 radical (unpaired) electrons. The molecule has 27 heavy (non-hydrogen) atoms. The highest BCUT2D eigenvalue weighted by atomic mass is 16.6. The van der Waals surface area contributed by atoms with Gasteiger partial charge in [-0.3, -0.25) is 9.78 Å². The van der Waals surface area contributed by atoms with Crippen LogP contribution in [0.25, 0.3) is 0 Å². The summed E-state index contributed by atoms with van der Waals surface area (Å²) in [5.41, 5.74) is 2.37. The van der Waals surface area contributed by atoms with E-state index in [2.05, 4.69) is 20.4 Å². The topological polar surface area (TPSA) is 85.7 Å². The molecule has 0 aliphatic carbocycles. The molecule has 0 spiro atoms. The number of hydrogen-bond acceptors (Lipinski definition) is 6. The summed E-state index contributed by atoms with van der Waals surface area (Å²) in [5, 5.41) is 6.86. The zero-order valence-corrected chi connectivity index (χ0v) is 14.3. The van der Waals surface area contributed by atoms with Gasteiger partial charge in [0.15, 0.2) is 0 Å². The van der Waals surface area contributed by atoms with E-state index in [0.717, 1.165) is 11.3 Å².